The van der Waals surface area contributed by atoms with Crippen LogP contribution in [0.15, 0.2) is 17.5 Å². The van der Waals surface area contributed by atoms with Crippen molar-refractivity contribution in [2.24, 2.45) is 0 Å². The first-order valence-corrected chi connectivity index (χ1v) is 6.44. The van der Waals surface area contributed by atoms with Gasteiger partial charge in [-0.15, -0.1) is 11.8 Å². The number of methoxy groups -OCH3 is 3. The standard InChI is InChI=1S/C13H15NO3S/c1-15-11-5-9(10(7-14)8-18-4)6-12(16-2)13(11)17-3/h5-6,8H,1-4H3/b10-8+. The van der Waals surface area contributed by atoms with Crippen LogP contribution < -0.4 is 14.2 Å². The van der Waals surface area contributed by atoms with E-state index in [1.807, 2.05) is 6.26 Å². The molecule has 4 nitrogen and oxygen atoms in total. The van der Waals surface area contributed by atoms with Crippen LogP contribution in [-0.2, 0) is 0 Å². The third-order valence-electron chi connectivity index (χ3n) is 2.33. The van der Waals surface area contributed by atoms with Crippen LogP contribution in [0.3, 0.4) is 0 Å². The lowest BCUT2D eigenvalue weighted by Crippen LogP contribution is -1.96. The van der Waals surface area contributed by atoms with Crippen LogP contribution in [0.4, 0.5) is 0 Å². The maximum Gasteiger partial charge on any atom is 0.203 e. The average Bonchev–Trinajstić information content (AvgIpc) is 2.42. The number of nitrogens with zero attached hydrogens (tertiary/aromatic N) is 1. The summed E-state index contributed by atoms with van der Waals surface area (Å²) in [5.41, 5.74) is 1.29. The fourth-order valence-corrected chi connectivity index (χ4v) is 1.94. The first kappa shape index (κ1) is 14.3. The lowest BCUT2D eigenvalue weighted by Gasteiger charge is -2.13. The zero-order valence-corrected chi connectivity index (χ0v) is 11.6. The van der Waals surface area contributed by atoms with Gasteiger partial charge in [-0.2, -0.15) is 5.26 Å². The highest BCUT2D eigenvalue weighted by atomic mass is 32.2. The molecule has 0 amide bonds. The molecule has 96 valence electrons. The summed E-state index contributed by atoms with van der Waals surface area (Å²) in [6, 6.07) is 5.66. The van der Waals surface area contributed by atoms with E-state index in [4.69, 9.17) is 19.5 Å². The Kier molecular flexibility index (Phi) is 5.40. The molecular weight excluding hydrogens is 250 g/mol. The van der Waals surface area contributed by atoms with Gasteiger partial charge in [0.25, 0.3) is 0 Å². The molecule has 0 spiro atoms. The van der Waals surface area contributed by atoms with Gasteiger partial charge in [0, 0.05) is 5.56 Å². The first-order valence-electron chi connectivity index (χ1n) is 5.15. The van der Waals surface area contributed by atoms with Gasteiger partial charge >= 0.3 is 0 Å². The third kappa shape index (κ3) is 2.90. The van der Waals surface area contributed by atoms with Gasteiger partial charge in [0.15, 0.2) is 11.5 Å². The van der Waals surface area contributed by atoms with Gasteiger partial charge in [-0.1, -0.05) is 0 Å². The van der Waals surface area contributed by atoms with Crippen LogP contribution in [0.2, 0.25) is 0 Å². The molecule has 0 radical (unpaired) electrons. The molecule has 0 unspecified atom stereocenters. The van der Waals surface area contributed by atoms with Crippen molar-refractivity contribution in [1.82, 2.24) is 0 Å². The highest BCUT2D eigenvalue weighted by Gasteiger charge is 2.14. The van der Waals surface area contributed by atoms with Crippen molar-refractivity contribution in [3.63, 3.8) is 0 Å². The molecule has 0 fully saturated rings. The van der Waals surface area contributed by atoms with Gasteiger partial charge in [0.05, 0.1) is 26.9 Å². The zero-order chi connectivity index (χ0) is 13.5. The SMILES string of the molecule is COc1cc(/C(C#N)=C/SC)cc(OC)c1OC. The molecule has 1 aromatic carbocycles. The third-order valence-corrected chi connectivity index (χ3v) is 2.80. The number of allylic oxidation sites excluding steroid dienone is 1. The molecule has 5 heteroatoms. The van der Waals surface area contributed by atoms with E-state index in [2.05, 4.69) is 6.07 Å². The molecule has 0 atom stereocenters. The molecule has 0 aliphatic rings. The number of thioether (sulfide) groups is 1. The van der Waals surface area contributed by atoms with Crippen molar-refractivity contribution in [2.75, 3.05) is 27.6 Å². The molecule has 0 bridgehead atoms. The summed E-state index contributed by atoms with van der Waals surface area (Å²) >= 11 is 1.47. The van der Waals surface area contributed by atoms with E-state index in [1.165, 1.54) is 11.8 Å². The number of benzene rings is 1. The smallest absolute Gasteiger partial charge is 0.203 e. The Balaban J connectivity index is 3.40. The summed E-state index contributed by atoms with van der Waals surface area (Å²) in [5.74, 6) is 1.59. The maximum atomic E-state index is 9.12. The van der Waals surface area contributed by atoms with Crippen molar-refractivity contribution in [2.45, 2.75) is 0 Å². The Morgan fingerprint density at radius 1 is 1.17 bits per heavy atom. The van der Waals surface area contributed by atoms with Crippen LogP contribution in [0.5, 0.6) is 17.2 Å². The topological polar surface area (TPSA) is 51.5 Å². The molecule has 0 aliphatic heterocycles. The lowest BCUT2D eigenvalue weighted by molar-refractivity contribution is 0.324. The maximum absolute atomic E-state index is 9.12. The Morgan fingerprint density at radius 2 is 1.72 bits per heavy atom. The zero-order valence-electron chi connectivity index (χ0n) is 10.8. The fraction of sp³-hybridized carbons (Fsp3) is 0.308. The van der Waals surface area contributed by atoms with Crippen LogP contribution in [-0.4, -0.2) is 27.6 Å². The van der Waals surface area contributed by atoms with Crippen molar-refractivity contribution in [1.29, 1.82) is 5.26 Å². The fourth-order valence-electron chi connectivity index (χ4n) is 1.51. The van der Waals surface area contributed by atoms with Gasteiger partial charge in [0.2, 0.25) is 5.75 Å². The Bertz CT molecular complexity index is 466. The van der Waals surface area contributed by atoms with E-state index in [1.54, 1.807) is 38.9 Å². The largest absolute Gasteiger partial charge is 0.493 e. The van der Waals surface area contributed by atoms with Crippen molar-refractivity contribution in [3.05, 3.63) is 23.1 Å². The number of hydrogen-bond donors (Lipinski definition) is 0. The minimum absolute atomic E-state index is 0.519. The molecule has 0 saturated carbocycles. The molecule has 0 aromatic heterocycles. The van der Waals surface area contributed by atoms with Gasteiger partial charge < -0.3 is 14.2 Å². The van der Waals surface area contributed by atoms with E-state index in [-0.39, 0.29) is 0 Å². The normalized spacial score (nSPS) is 10.7. The monoisotopic (exact) mass is 265 g/mol. The highest BCUT2D eigenvalue weighted by Crippen LogP contribution is 2.39. The number of ether oxygens (including phenoxy) is 3. The van der Waals surface area contributed by atoms with Crippen molar-refractivity contribution >= 4 is 17.3 Å². The van der Waals surface area contributed by atoms with Gasteiger partial charge in [-0.3, -0.25) is 0 Å². The van der Waals surface area contributed by atoms with E-state index < -0.39 is 0 Å². The Labute approximate surface area is 111 Å². The highest BCUT2D eigenvalue weighted by molar-refractivity contribution is 8.01. The quantitative estimate of drug-likeness (QED) is 0.766. The van der Waals surface area contributed by atoms with Gasteiger partial charge in [0.1, 0.15) is 6.07 Å². The molecule has 0 saturated heterocycles. The Morgan fingerprint density at radius 3 is 2.06 bits per heavy atom. The van der Waals surface area contributed by atoms with E-state index >= 15 is 0 Å². The first-order chi connectivity index (χ1) is 8.71. The van der Waals surface area contributed by atoms with E-state index in [9.17, 15) is 0 Å². The summed E-state index contributed by atoms with van der Waals surface area (Å²) in [6.07, 6.45) is 1.90. The molecular formula is C13H15NO3S. The van der Waals surface area contributed by atoms with Crippen molar-refractivity contribution < 1.29 is 14.2 Å². The van der Waals surface area contributed by atoms with Crippen LogP contribution in [0, 0.1) is 11.3 Å². The van der Waals surface area contributed by atoms with Crippen LogP contribution >= 0.6 is 11.8 Å². The van der Waals surface area contributed by atoms with E-state index in [0.717, 1.165) is 5.56 Å². The number of rotatable bonds is 5. The molecule has 1 rings (SSSR count). The molecule has 1 aromatic rings. The predicted molar refractivity (Wildman–Crippen MR) is 73.2 cm³/mol. The summed E-state index contributed by atoms with van der Waals surface area (Å²) in [4.78, 5) is 0. The second kappa shape index (κ2) is 6.82. The second-order valence-electron chi connectivity index (χ2n) is 3.29. The number of hydrogen-bond acceptors (Lipinski definition) is 5. The molecule has 0 heterocycles. The summed E-state index contributed by atoms with van der Waals surface area (Å²) in [7, 11) is 4.64. The van der Waals surface area contributed by atoms with Crippen molar-refractivity contribution in [3.8, 4) is 23.3 Å². The van der Waals surface area contributed by atoms with Gasteiger partial charge in [-0.25, -0.2) is 0 Å². The minimum Gasteiger partial charge on any atom is -0.493 e. The second-order valence-corrected chi connectivity index (χ2v) is 4.00. The average molecular weight is 265 g/mol. The molecule has 0 aliphatic carbocycles. The summed E-state index contributed by atoms with van der Waals surface area (Å²) < 4.78 is 15.7. The predicted octanol–water partition coefficient (Wildman–Crippen LogP) is 2.94. The van der Waals surface area contributed by atoms with E-state index in [0.29, 0.717) is 22.8 Å². The van der Waals surface area contributed by atoms with Crippen LogP contribution in [0.1, 0.15) is 5.56 Å². The molecule has 0 N–H and O–H groups in total. The van der Waals surface area contributed by atoms with Gasteiger partial charge in [-0.05, 0) is 23.8 Å². The minimum atomic E-state index is 0.519. The molecule has 18 heavy (non-hydrogen) atoms. The lowest BCUT2D eigenvalue weighted by atomic mass is 10.1. The summed E-state index contributed by atoms with van der Waals surface area (Å²) in [5, 5.41) is 10.9. The number of nitriles is 1. The van der Waals surface area contributed by atoms with Crippen LogP contribution in [0.25, 0.3) is 5.57 Å². The summed E-state index contributed by atoms with van der Waals surface area (Å²) in [6.45, 7) is 0. The Hall–Kier alpha value is -1.80.